The molecule has 3 amide bonds. The summed E-state index contributed by atoms with van der Waals surface area (Å²) in [6.45, 7) is 2.47. The third-order valence-electron chi connectivity index (χ3n) is 4.83. The first kappa shape index (κ1) is 16.9. The molecule has 0 aromatic heterocycles. The average Bonchev–Trinajstić information content (AvgIpc) is 3.00. The summed E-state index contributed by atoms with van der Waals surface area (Å²) < 4.78 is 25.6. The van der Waals surface area contributed by atoms with Crippen LogP contribution in [0, 0.1) is 0 Å². The molecule has 0 radical (unpaired) electrons. The lowest BCUT2D eigenvalue weighted by Crippen LogP contribution is -2.41. The number of carbonyl (C=O) groups is 2. The van der Waals surface area contributed by atoms with Crippen LogP contribution in [-0.2, 0) is 21.4 Å². The number of imide groups is 1. The third-order valence-corrected chi connectivity index (χ3v) is 6.64. The number of amides is 3. The summed E-state index contributed by atoms with van der Waals surface area (Å²) in [6.07, 6.45) is 1.50. The smallest absolute Gasteiger partial charge is 0.310 e. The first-order chi connectivity index (χ1) is 11.2. The molecule has 2 heterocycles. The Balaban J connectivity index is 1.88. The van der Waals surface area contributed by atoms with Gasteiger partial charge < -0.3 is 4.90 Å². The number of carbonyl (C=O) groups excluding carboxylic acids is 2. The van der Waals surface area contributed by atoms with Crippen LogP contribution in [0.4, 0.5) is 4.79 Å². The van der Waals surface area contributed by atoms with Crippen molar-refractivity contribution in [2.24, 2.45) is 0 Å². The lowest BCUT2D eigenvalue weighted by molar-refractivity contribution is -0.132. The molecule has 1 aromatic rings. The Hall–Kier alpha value is -1.93. The highest BCUT2D eigenvalue weighted by Gasteiger charge is 2.56. The van der Waals surface area contributed by atoms with E-state index in [2.05, 4.69) is 0 Å². The van der Waals surface area contributed by atoms with E-state index in [9.17, 15) is 18.0 Å². The number of rotatable bonds is 4. The standard InChI is InChI=1S/C16H21N3O4S/c1-16-8-5-9-19(16)15(21)18(14(16)20)11-12-6-4-7-13(10-12)24(22,23)17(2)3/h4,6-7,10H,5,8-9,11H2,1-3H3. The van der Waals surface area contributed by atoms with Crippen LogP contribution in [0.15, 0.2) is 29.2 Å². The lowest BCUT2D eigenvalue weighted by Gasteiger charge is -2.22. The molecule has 0 N–H and O–H groups in total. The zero-order valence-corrected chi connectivity index (χ0v) is 14.8. The van der Waals surface area contributed by atoms with E-state index >= 15 is 0 Å². The molecule has 8 heteroatoms. The molecule has 130 valence electrons. The lowest BCUT2D eigenvalue weighted by atomic mass is 9.99. The minimum absolute atomic E-state index is 0.0839. The van der Waals surface area contributed by atoms with Gasteiger partial charge in [0, 0.05) is 20.6 Å². The Morgan fingerprint density at radius 2 is 1.96 bits per heavy atom. The normalized spacial score (nSPS) is 24.2. The number of hydrogen-bond acceptors (Lipinski definition) is 4. The zero-order chi connectivity index (χ0) is 17.7. The first-order valence-corrected chi connectivity index (χ1v) is 9.27. The Morgan fingerprint density at radius 1 is 1.25 bits per heavy atom. The number of fused-ring (bicyclic) bond motifs is 1. The molecular formula is C16H21N3O4S. The molecule has 0 aliphatic carbocycles. The Kier molecular flexibility index (Phi) is 3.92. The molecule has 1 atom stereocenters. The third kappa shape index (κ3) is 2.41. The van der Waals surface area contributed by atoms with Gasteiger partial charge >= 0.3 is 6.03 Å². The summed E-state index contributed by atoms with van der Waals surface area (Å²) in [5.74, 6) is -0.203. The molecule has 2 aliphatic rings. The monoisotopic (exact) mass is 351 g/mol. The van der Waals surface area contributed by atoms with Crippen molar-refractivity contribution in [1.82, 2.24) is 14.1 Å². The minimum Gasteiger partial charge on any atom is -0.310 e. The van der Waals surface area contributed by atoms with Crippen LogP contribution in [0.5, 0.6) is 0 Å². The fourth-order valence-electron chi connectivity index (χ4n) is 3.35. The molecule has 7 nitrogen and oxygen atoms in total. The minimum atomic E-state index is -3.55. The highest BCUT2D eigenvalue weighted by molar-refractivity contribution is 7.89. The van der Waals surface area contributed by atoms with E-state index in [0.29, 0.717) is 18.5 Å². The van der Waals surface area contributed by atoms with Gasteiger partial charge in [-0.2, -0.15) is 0 Å². The maximum atomic E-state index is 12.7. The molecule has 0 spiro atoms. The van der Waals surface area contributed by atoms with Gasteiger partial charge in [-0.15, -0.1) is 0 Å². The maximum Gasteiger partial charge on any atom is 0.327 e. The van der Waals surface area contributed by atoms with Gasteiger partial charge in [0.05, 0.1) is 11.4 Å². The van der Waals surface area contributed by atoms with Crippen LogP contribution in [0.3, 0.4) is 0 Å². The maximum absolute atomic E-state index is 12.7. The SMILES string of the molecule is CN(C)S(=O)(=O)c1cccc(CN2C(=O)N3CCCC3(C)C2=O)c1. The summed E-state index contributed by atoms with van der Waals surface area (Å²) in [5.41, 5.74) is -0.130. The predicted octanol–water partition coefficient (Wildman–Crippen LogP) is 1.25. The molecule has 2 saturated heterocycles. The van der Waals surface area contributed by atoms with Crippen molar-refractivity contribution >= 4 is 22.0 Å². The number of nitrogens with zero attached hydrogens (tertiary/aromatic N) is 3. The van der Waals surface area contributed by atoms with E-state index in [4.69, 9.17) is 0 Å². The second-order valence-electron chi connectivity index (χ2n) is 6.64. The van der Waals surface area contributed by atoms with Crippen molar-refractivity contribution in [3.05, 3.63) is 29.8 Å². The number of benzene rings is 1. The first-order valence-electron chi connectivity index (χ1n) is 7.83. The molecule has 0 saturated carbocycles. The second kappa shape index (κ2) is 5.56. The highest BCUT2D eigenvalue weighted by Crippen LogP contribution is 2.37. The molecular weight excluding hydrogens is 330 g/mol. The van der Waals surface area contributed by atoms with Crippen LogP contribution in [0.1, 0.15) is 25.3 Å². The van der Waals surface area contributed by atoms with Crippen molar-refractivity contribution in [3.8, 4) is 0 Å². The molecule has 3 rings (SSSR count). The molecule has 1 aromatic carbocycles. The van der Waals surface area contributed by atoms with Gasteiger partial charge in [0.2, 0.25) is 10.0 Å². The van der Waals surface area contributed by atoms with Crippen LogP contribution in [0.2, 0.25) is 0 Å². The van der Waals surface area contributed by atoms with Gasteiger partial charge in [-0.25, -0.2) is 17.5 Å². The molecule has 1 unspecified atom stereocenters. The van der Waals surface area contributed by atoms with Gasteiger partial charge in [-0.1, -0.05) is 12.1 Å². The van der Waals surface area contributed by atoms with E-state index in [1.165, 1.54) is 31.1 Å². The van der Waals surface area contributed by atoms with E-state index in [-0.39, 0.29) is 23.4 Å². The molecule has 0 bridgehead atoms. The van der Waals surface area contributed by atoms with Crippen molar-refractivity contribution in [2.45, 2.75) is 36.7 Å². The van der Waals surface area contributed by atoms with Crippen LogP contribution < -0.4 is 0 Å². The van der Waals surface area contributed by atoms with E-state index in [1.54, 1.807) is 24.0 Å². The van der Waals surface area contributed by atoms with E-state index < -0.39 is 15.6 Å². The fourth-order valence-corrected chi connectivity index (χ4v) is 4.33. The van der Waals surface area contributed by atoms with Gasteiger partial charge in [0.1, 0.15) is 5.54 Å². The zero-order valence-electron chi connectivity index (χ0n) is 14.0. The van der Waals surface area contributed by atoms with E-state index in [1.807, 2.05) is 0 Å². The Morgan fingerprint density at radius 3 is 2.58 bits per heavy atom. The second-order valence-corrected chi connectivity index (χ2v) is 8.79. The average molecular weight is 351 g/mol. The van der Waals surface area contributed by atoms with Crippen molar-refractivity contribution in [3.63, 3.8) is 0 Å². The van der Waals surface area contributed by atoms with Crippen LogP contribution in [-0.4, -0.2) is 60.6 Å². The highest BCUT2D eigenvalue weighted by atomic mass is 32.2. The summed E-state index contributed by atoms with van der Waals surface area (Å²) in [7, 11) is -0.626. The molecule has 2 fully saturated rings. The Labute approximate surface area is 141 Å². The van der Waals surface area contributed by atoms with Gasteiger partial charge in [0.15, 0.2) is 0 Å². The van der Waals surface area contributed by atoms with Crippen molar-refractivity contribution < 1.29 is 18.0 Å². The summed E-state index contributed by atoms with van der Waals surface area (Å²) in [5, 5.41) is 0. The van der Waals surface area contributed by atoms with Crippen LogP contribution in [0.25, 0.3) is 0 Å². The largest absolute Gasteiger partial charge is 0.327 e. The quantitative estimate of drug-likeness (QED) is 0.765. The van der Waals surface area contributed by atoms with Crippen LogP contribution >= 0.6 is 0 Å². The summed E-state index contributed by atoms with van der Waals surface area (Å²) in [6, 6.07) is 6.08. The molecule has 2 aliphatic heterocycles. The Bertz CT molecular complexity index is 805. The summed E-state index contributed by atoms with van der Waals surface area (Å²) >= 11 is 0. The van der Waals surface area contributed by atoms with Gasteiger partial charge in [-0.05, 0) is 37.5 Å². The number of sulfonamides is 1. The fraction of sp³-hybridized carbons (Fsp3) is 0.500. The predicted molar refractivity (Wildman–Crippen MR) is 87.6 cm³/mol. The van der Waals surface area contributed by atoms with Crippen molar-refractivity contribution in [1.29, 1.82) is 0 Å². The number of hydrogen-bond donors (Lipinski definition) is 0. The summed E-state index contributed by atoms with van der Waals surface area (Å²) in [4.78, 5) is 28.1. The molecule has 24 heavy (non-hydrogen) atoms. The van der Waals surface area contributed by atoms with Crippen molar-refractivity contribution in [2.75, 3.05) is 20.6 Å². The van der Waals surface area contributed by atoms with Gasteiger partial charge in [-0.3, -0.25) is 9.69 Å². The topological polar surface area (TPSA) is 78.0 Å². The van der Waals surface area contributed by atoms with E-state index in [0.717, 1.165) is 10.7 Å². The van der Waals surface area contributed by atoms with Gasteiger partial charge in [0.25, 0.3) is 5.91 Å². The number of urea groups is 1.